The van der Waals surface area contributed by atoms with Crippen molar-refractivity contribution in [2.75, 3.05) is 5.32 Å². The topological polar surface area (TPSA) is 62.1 Å². The molecule has 168 valence electrons. The van der Waals surface area contributed by atoms with Gasteiger partial charge in [0.2, 0.25) is 0 Å². The van der Waals surface area contributed by atoms with Crippen molar-refractivity contribution in [2.45, 2.75) is 13.5 Å². The second-order valence-electron chi connectivity index (χ2n) is 7.68. The van der Waals surface area contributed by atoms with E-state index in [1.807, 2.05) is 67.6 Å². The average molecular weight is 623 g/mol. The van der Waals surface area contributed by atoms with Crippen molar-refractivity contribution in [2.24, 2.45) is 0 Å². The van der Waals surface area contributed by atoms with Crippen molar-refractivity contribution in [3.8, 4) is 11.8 Å². The Morgan fingerprint density at radius 2 is 1.82 bits per heavy atom. The quantitative estimate of drug-likeness (QED) is 0.137. The molecule has 1 N–H and O–H groups in total. The van der Waals surface area contributed by atoms with Crippen LogP contribution in [0.5, 0.6) is 5.75 Å². The van der Waals surface area contributed by atoms with Gasteiger partial charge in [0, 0.05) is 5.69 Å². The number of nitriles is 1. The molecule has 4 aromatic carbocycles. The second-order valence-corrected chi connectivity index (χ2v) is 9.70. The van der Waals surface area contributed by atoms with Gasteiger partial charge in [-0.15, -0.1) is 0 Å². The zero-order valence-corrected chi connectivity index (χ0v) is 22.1. The van der Waals surface area contributed by atoms with Crippen LogP contribution in [0.25, 0.3) is 16.8 Å². The van der Waals surface area contributed by atoms with Gasteiger partial charge >= 0.3 is 0 Å². The summed E-state index contributed by atoms with van der Waals surface area (Å²) >= 11 is 5.79. The van der Waals surface area contributed by atoms with Crippen LogP contribution in [0.3, 0.4) is 0 Å². The van der Waals surface area contributed by atoms with Gasteiger partial charge in [0.1, 0.15) is 24.0 Å². The number of amides is 1. The minimum atomic E-state index is -0.445. The Morgan fingerprint density at radius 1 is 1.09 bits per heavy atom. The number of nitrogens with one attached hydrogen (secondary N) is 1. The number of anilines is 1. The van der Waals surface area contributed by atoms with Crippen molar-refractivity contribution < 1.29 is 9.53 Å². The lowest BCUT2D eigenvalue weighted by Crippen LogP contribution is -2.14. The van der Waals surface area contributed by atoms with Crippen molar-refractivity contribution >= 4 is 67.0 Å². The number of ether oxygens (including phenoxy) is 1. The molecule has 0 atom stereocenters. The number of hydrogen-bond donors (Lipinski definition) is 1. The van der Waals surface area contributed by atoms with Gasteiger partial charge in [0.25, 0.3) is 5.91 Å². The molecule has 4 rings (SSSR count). The molecule has 0 saturated heterocycles. The number of aryl methyl sites for hydroxylation is 1. The highest BCUT2D eigenvalue weighted by Gasteiger charge is 2.14. The smallest absolute Gasteiger partial charge is 0.266 e. The summed E-state index contributed by atoms with van der Waals surface area (Å²) < 4.78 is 7.79. The number of hydrogen-bond acceptors (Lipinski definition) is 3. The Balaban J connectivity index is 1.54. The van der Waals surface area contributed by atoms with Gasteiger partial charge in [-0.2, -0.15) is 5.26 Å². The summed E-state index contributed by atoms with van der Waals surface area (Å²) in [7, 11) is 0. The van der Waals surface area contributed by atoms with E-state index in [9.17, 15) is 10.1 Å². The molecule has 0 bridgehead atoms. The fourth-order valence-corrected chi connectivity index (χ4v) is 5.36. The molecule has 1 amide bonds. The van der Waals surface area contributed by atoms with Gasteiger partial charge in [-0.25, -0.2) is 0 Å². The molecule has 4 nitrogen and oxygen atoms in total. The lowest BCUT2D eigenvalue weighted by atomic mass is 10.1. The van der Waals surface area contributed by atoms with Gasteiger partial charge in [-0.1, -0.05) is 60.7 Å². The zero-order valence-electron chi connectivity index (χ0n) is 18.3. The highest BCUT2D eigenvalue weighted by molar-refractivity contribution is 14.1. The summed E-state index contributed by atoms with van der Waals surface area (Å²) in [5, 5.41) is 14.7. The maximum atomic E-state index is 12.7. The summed E-state index contributed by atoms with van der Waals surface area (Å²) in [6.45, 7) is 2.33. The van der Waals surface area contributed by atoms with Gasteiger partial charge < -0.3 is 10.1 Å². The minimum absolute atomic E-state index is 0.0235. The van der Waals surface area contributed by atoms with Crippen LogP contribution in [-0.2, 0) is 11.4 Å². The molecular weight excluding hydrogens is 603 g/mol. The Hall–Kier alpha value is -3.15. The highest BCUT2D eigenvalue weighted by atomic mass is 127. The third kappa shape index (κ3) is 5.49. The number of carbonyl (C=O) groups excluding carboxylic acids is 1. The molecule has 0 radical (unpaired) electrons. The third-order valence-electron chi connectivity index (χ3n) is 5.34. The van der Waals surface area contributed by atoms with Gasteiger partial charge in [0.15, 0.2) is 0 Å². The van der Waals surface area contributed by atoms with E-state index >= 15 is 0 Å². The number of carbonyl (C=O) groups is 1. The molecule has 34 heavy (non-hydrogen) atoms. The number of rotatable bonds is 6. The first kappa shape index (κ1) is 24.0. The lowest BCUT2D eigenvalue weighted by molar-refractivity contribution is -0.112. The fourth-order valence-electron chi connectivity index (χ4n) is 3.59. The molecule has 0 unspecified atom stereocenters. The molecule has 0 spiro atoms. The molecular formula is C28H20BrIN2O2. The summed E-state index contributed by atoms with van der Waals surface area (Å²) in [5.74, 6) is 0.271. The second kappa shape index (κ2) is 10.9. The molecule has 4 aromatic rings. The van der Waals surface area contributed by atoms with E-state index < -0.39 is 5.91 Å². The first-order valence-corrected chi connectivity index (χ1v) is 12.4. The van der Waals surface area contributed by atoms with Gasteiger partial charge in [-0.3, -0.25) is 4.79 Å². The van der Waals surface area contributed by atoms with Crippen molar-refractivity contribution in [3.63, 3.8) is 0 Å². The number of benzene rings is 4. The number of nitrogens with zero attached hydrogens (tertiary/aromatic N) is 1. The monoisotopic (exact) mass is 622 g/mol. The Bertz CT molecular complexity index is 1430. The van der Waals surface area contributed by atoms with Crippen LogP contribution >= 0.6 is 38.5 Å². The maximum absolute atomic E-state index is 12.7. The Kier molecular flexibility index (Phi) is 7.66. The number of para-hydroxylation sites is 1. The van der Waals surface area contributed by atoms with E-state index in [0.29, 0.717) is 18.0 Å². The van der Waals surface area contributed by atoms with Crippen LogP contribution in [0, 0.1) is 21.8 Å². The van der Waals surface area contributed by atoms with Crippen LogP contribution in [0.15, 0.2) is 88.9 Å². The molecule has 0 aliphatic heterocycles. The van der Waals surface area contributed by atoms with Crippen LogP contribution in [0.4, 0.5) is 5.69 Å². The first-order chi connectivity index (χ1) is 16.5. The van der Waals surface area contributed by atoms with Crippen LogP contribution in [-0.4, -0.2) is 5.91 Å². The van der Waals surface area contributed by atoms with Crippen molar-refractivity contribution in [3.05, 3.63) is 109 Å². The first-order valence-electron chi connectivity index (χ1n) is 10.5. The maximum Gasteiger partial charge on any atom is 0.266 e. The predicted molar refractivity (Wildman–Crippen MR) is 149 cm³/mol. The van der Waals surface area contributed by atoms with Crippen molar-refractivity contribution in [1.82, 2.24) is 0 Å². The standard InChI is InChI=1S/C28H20BrIN2O2/c1-18-7-2-5-12-26(18)32-28(33)22(16-31)13-19-14-24(29)27(25(30)15-19)34-17-21-10-6-9-20-8-3-4-11-23(20)21/h2-15H,17H2,1H3,(H,32,33)/b22-13-. The Morgan fingerprint density at radius 3 is 2.59 bits per heavy atom. The summed E-state index contributed by atoms with van der Waals surface area (Å²) in [6.07, 6.45) is 1.58. The lowest BCUT2D eigenvalue weighted by Gasteiger charge is -2.13. The largest absolute Gasteiger partial charge is 0.487 e. The van der Waals surface area contributed by atoms with Gasteiger partial charge in [0.05, 0.1) is 8.04 Å². The fraction of sp³-hybridized carbons (Fsp3) is 0.0714. The average Bonchev–Trinajstić information content (AvgIpc) is 2.83. The Labute approximate surface area is 220 Å². The SMILES string of the molecule is Cc1ccccc1NC(=O)/C(C#N)=C\c1cc(Br)c(OCc2cccc3ccccc23)c(I)c1. The third-order valence-corrected chi connectivity index (χ3v) is 6.73. The molecule has 0 saturated carbocycles. The van der Waals surface area contributed by atoms with E-state index in [0.717, 1.165) is 30.1 Å². The molecule has 0 aliphatic carbocycles. The van der Waals surface area contributed by atoms with E-state index in [-0.39, 0.29) is 5.57 Å². The molecule has 0 aliphatic rings. The van der Waals surface area contributed by atoms with Crippen LogP contribution in [0.1, 0.15) is 16.7 Å². The summed E-state index contributed by atoms with van der Waals surface area (Å²) in [5.41, 5.74) is 3.46. The van der Waals surface area contributed by atoms with Crippen molar-refractivity contribution in [1.29, 1.82) is 5.26 Å². The van der Waals surface area contributed by atoms with E-state index in [1.54, 1.807) is 6.08 Å². The number of fused-ring (bicyclic) bond motifs is 1. The molecule has 6 heteroatoms. The van der Waals surface area contributed by atoms with Crippen LogP contribution in [0.2, 0.25) is 0 Å². The molecule has 0 heterocycles. The van der Waals surface area contributed by atoms with Crippen LogP contribution < -0.4 is 10.1 Å². The summed E-state index contributed by atoms with van der Waals surface area (Å²) in [4.78, 5) is 12.7. The zero-order chi connectivity index (χ0) is 24.1. The minimum Gasteiger partial charge on any atom is -0.487 e. The predicted octanol–water partition coefficient (Wildman–Crippen LogP) is 7.64. The summed E-state index contributed by atoms with van der Waals surface area (Å²) in [6, 6.07) is 27.6. The van der Waals surface area contributed by atoms with E-state index in [4.69, 9.17) is 4.74 Å². The van der Waals surface area contributed by atoms with E-state index in [1.165, 1.54) is 5.39 Å². The van der Waals surface area contributed by atoms with Gasteiger partial charge in [-0.05, 0) is 97.2 Å². The highest BCUT2D eigenvalue weighted by Crippen LogP contribution is 2.34. The molecule has 0 aromatic heterocycles. The molecule has 0 fully saturated rings. The van der Waals surface area contributed by atoms with E-state index in [2.05, 4.69) is 68.1 Å². The normalized spacial score (nSPS) is 11.2. The number of halogens is 2.